The minimum atomic E-state index is -1.09. The van der Waals surface area contributed by atoms with Crippen molar-refractivity contribution in [3.8, 4) is 0 Å². The molecule has 2 rings (SSSR count). The van der Waals surface area contributed by atoms with Crippen molar-refractivity contribution < 1.29 is 19.5 Å². The van der Waals surface area contributed by atoms with E-state index in [0.29, 0.717) is 11.3 Å². The Bertz CT molecular complexity index is 630. The lowest BCUT2D eigenvalue weighted by atomic mass is 9.85. The number of amides is 2. The summed E-state index contributed by atoms with van der Waals surface area (Å²) in [7, 11) is 0. The summed E-state index contributed by atoms with van der Waals surface area (Å²) in [5, 5.41) is 13.7. The molecule has 2 heterocycles. The highest BCUT2D eigenvalue weighted by molar-refractivity contribution is 8.05. The van der Waals surface area contributed by atoms with E-state index in [-0.39, 0.29) is 34.7 Å². The van der Waals surface area contributed by atoms with Gasteiger partial charge in [-0.25, -0.2) is 4.79 Å². The summed E-state index contributed by atoms with van der Waals surface area (Å²) in [5.74, 6) is -0.814. The van der Waals surface area contributed by atoms with Crippen LogP contribution in [0.5, 0.6) is 0 Å². The van der Waals surface area contributed by atoms with Gasteiger partial charge >= 0.3 is 5.97 Å². The predicted octanol–water partition coefficient (Wildman–Crippen LogP) is 2.16. The van der Waals surface area contributed by atoms with Crippen molar-refractivity contribution in [2.75, 3.05) is 5.75 Å². The lowest BCUT2D eigenvalue weighted by Gasteiger charge is -2.45. The molecule has 2 aliphatic rings. The summed E-state index contributed by atoms with van der Waals surface area (Å²) in [6.45, 7) is 7.07. The first-order valence-electron chi connectivity index (χ1n) is 7.49. The largest absolute Gasteiger partial charge is 0.477 e. The highest BCUT2D eigenvalue weighted by Crippen LogP contribution is 2.48. The smallest absolute Gasteiger partial charge is 0.353 e. The molecule has 1 saturated heterocycles. The van der Waals surface area contributed by atoms with Crippen LogP contribution in [0, 0.1) is 5.92 Å². The third kappa shape index (κ3) is 3.70. The van der Waals surface area contributed by atoms with E-state index in [1.807, 2.05) is 6.92 Å². The lowest BCUT2D eigenvalue weighted by molar-refractivity contribution is -0.154. The van der Waals surface area contributed by atoms with Crippen LogP contribution in [0.2, 0.25) is 0 Å². The Morgan fingerprint density at radius 1 is 1.54 bits per heavy atom. The zero-order valence-electron chi connectivity index (χ0n) is 13.5. The van der Waals surface area contributed by atoms with Crippen molar-refractivity contribution in [2.24, 2.45) is 5.92 Å². The van der Waals surface area contributed by atoms with Crippen LogP contribution in [0.25, 0.3) is 0 Å². The number of fused-ring (bicyclic) bond motifs is 1. The summed E-state index contributed by atoms with van der Waals surface area (Å²) in [5.41, 5.74) is 0.0691. The van der Waals surface area contributed by atoms with Crippen LogP contribution in [-0.2, 0) is 14.4 Å². The Morgan fingerprint density at radius 2 is 2.25 bits per heavy atom. The van der Waals surface area contributed by atoms with Crippen LogP contribution >= 0.6 is 23.5 Å². The van der Waals surface area contributed by atoms with Crippen molar-refractivity contribution in [3.63, 3.8) is 0 Å². The van der Waals surface area contributed by atoms with Gasteiger partial charge in [0.1, 0.15) is 5.70 Å². The first-order valence-corrected chi connectivity index (χ1v) is 9.42. The van der Waals surface area contributed by atoms with E-state index in [0.717, 1.165) is 5.75 Å². The molecule has 2 aliphatic heterocycles. The molecule has 0 saturated carbocycles. The van der Waals surface area contributed by atoms with Crippen molar-refractivity contribution in [1.82, 2.24) is 10.2 Å². The number of hydrogen-bond donors (Lipinski definition) is 2. The number of β-lactam (4-membered cyclic amide) rings is 1. The standard InChI is InChI=1S/C16H20N2O4S2/c1-4-6-23-9(2)13-11-8-12(24-7-5-17-10(3)19)14(16(21)22)18(11)15(13)20/h4-5,7,9,11,13H,1,6,8H2,2-3H3,(H,17,19)(H,21,22)/b7-5+/t9?,11-,13-/m1/s1. The molecule has 24 heavy (non-hydrogen) atoms. The van der Waals surface area contributed by atoms with Gasteiger partial charge in [0.25, 0.3) is 0 Å². The van der Waals surface area contributed by atoms with Gasteiger partial charge in [-0.05, 0) is 5.41 Å². The monoisotopic (exact) mass is 368 g/mol. The zero-order valence-corrected chi connectivity index (χ0v) is 15.2. The lowest BCUT2D eigenvalue weighted by Crippen LogP contribution is -2.61. The maximum atomic E-state index is 12.4. The molecule has 0 radical (unpaired) electrons. The molecule has 0 aromatic heterocycles. The van der Waals surface area contributed by atoms with Gasteiger partial charge in [0.05, 0.1) is 12.0 Å². The molecule has 1 fully saturated rings. The maximum absolute atomic E-state index is 12.4. The van der Waals surface area contributed by atoms with E-state index in [1.54, 1.807) is 23.2 Å². The molecule has 0 aromatic carbocycles. The Kier molecular flexibility index (Phi) is 6.17. The highest BCUT2D eigenvalue weighted by atomic mass is 32.2. The first-order chi connectivity index (χ1) is 11.4. The number of thioether (sulfide) groups is 2. The van der Waals surface area contributed by atoms with E-state index in [4.69, 9.17) is 0 Å². The van der Waals surface area contributed by atoms with E-state index < -0.39 is 5.97 Å². The molecule has 0 aliphatic carbocycles. The van der Waals surface area contributed by atoms with Crippen LogP contribution in [0.4, 0.5) is 0 Å². The fraction of sp³-hybridized carbons (Fsp3) is 0.438. The van der Waals surface area contributed by atoms with Crippen LogP contribution in [0.3, 0.4) is 0 Å². The Labute approximate surface area is 149 Å². The van der Waals surface area contributed by atoms with E-state index >= 15 is 0 Å². The highest BCUT2D eigenvalue weighted by Gasteiger charge is 2.56. The Balaban J connectivity index is 2.09. The second kappa shape index (κ2) is 7.94. The van der Waals surface area contributed by atoms with Gasteiger partial charge in [0.2, 0.25) is 11.8 Å². The maximum Gasteiger partial charge on any atom is 0.353 e. The van der Waals surface area contributed by atoms with Gasteiger partial charge in [-0.1, -0.05) is 24.8 Å². The van der Waals surface area contributed by atoms with Gasteiger partial charge in [0, 0.05) is 35.5 Å². The molecular weight excluding hydrogens is 348 g/mol. The van der Waals surface area contributed by atoms with Crippen molar-refractivity contribution in [1.29, 1.82) is 0 Å². The molecular formula is C16H20N2O4S2. The Hall–Kier alpha value is -1.67. The minimum Gasteiger partial charge on any atom is -0.477 e. The zero-order chi connectivity index (χ0) is 17.9. The topological polar surface area (TPSA) is 86.7 Å². The quantitative estimate of drug-likeness (QED) is 0.504. The second-order valence-corrected chi connectivity index (χ2v) is 7.94. The average molecular weight is 368 g/mol. The number of rotatable bonds is 8. The number of carbonyl (C=O) groups excluding carboxylic acids is 2. The number of aliphatic carboxylic acids is 1. The normalized spacial score (nSPS) is 23.9. The Morgan fingerprint density at radius 3 is 2.83 bits per heavy atom. The number of nitrogens with one attached hydrogen (secondary N) is 1. The van der Waals surface area contributed by atoms with Crippen molar-refractivity contribution >= 4 is 41.3 Å². The summed E-state index contributed by atoms with van der Waals surface area (Å²) >= 11 is 2.88. The van der Waals surface area contributed by atoms with Gasteiger partial charge in [-0.3, -0.25) is 9.59 Å². The number of carboxylic acid groups (broad SMARTS) is 1. The molecule has 8 heteroatoms. The number of hydrogen-bond acceptors (Lipinski definition) is 5. The summed E-state index contributed by atoms with van der Waals surface area (Å²) < 4.78 is 0. The fourth-order valence-corrected chi connectivity index (χ4v) is 4.72. The van der Waals surface area contributed by atoms with E-state index in [2.05, 4.69) is 11.9 Å². The summed E-state index contributed by atoms with van der Waals surface area (Å²) in [4.78, 5) is 36.9. The van der Waals surface area contributed by atoms with E-state index in [1.165, 1.54) is 29.8 Å². The number of carboxylic acids is 1. The van der Waals surface area contributed by atoms with Gasteiger partial charge in [-0.2, -0.15) is 11.8 Å². The fourth-order valence-electron chi connectivity index (χ4n) is 2.91. The molecule has 3 atom stereocenters. The molecule has 2 N–H and O–H groups in total. The second-order valence-electron chi connectivity index (χ2n) is 5.53. The first kappa shape index (κ1) is 18.7. The third-order valence-electron chi connectivity index (χ3n) is 3.92. The molecule has 6 nitrogen and oxygen atoms in total. The summed E-state index contributed by atoms with van der Waals surface area (Å²) in [6, 6.07) is -0.0902. The number of nitrogens with zero attached hydrogens (tertiary/aromatic N) is 1. The predicted molar refractivity (Wildman–Crippen MR) is 96.1 cm³/mol. The van der Waals surface area contributed by atoms with Crippen molar-refractivity contribution in [2.45, 2.75) is 31.6 Å². The van der Waals surface area contributed by atoms with Gasteiger partial charge < -0.3 is 15.3 Å². The van der Waals surface area contributed by atoms with Crippen molar-refractivity contribution in [3.05, 3.63) is 34.9 Å². The van der Waals surface area contributed by atoms with Crippen LogP contribution < -0.4 is 5.32 Å². The van der Waals surface area contributed by atoms with Crippen LogP contribution in [0.15, 0.2) is 34.9 Å². The summed E-state index contributed by atoms with van der Waals surface area (Å²) in [6.07, 6.45) is 3.80. The molecule has 1 unspecified atom stereocenters. The SMILES string of the molecule is C=CCSC(C)[C@H]1C(=O)N2C(C(=O)O)=C(S/C=C/NC(C)=O)C[C@H]12. The van der Waals surface area contributed by atoms with Crippen LogP contribution in [0.1, 0.15) is 20.3 Å². The molecule has 130 valence electrons. The minimum absolute atomic E-state index is 0.0691. The average Bonchev–Trinajstić information content (AvgIpc) is 2.84. The molecule has 0 bridgehead atoms. The van der Waals surface area contributed by atoms with Gasteiger partial charge in [0.15, 0.2) is 0 Å². The molecule has 0 aromatic rings. The third-order valence-corrected chi connectivity index (χ3v) is 6.08. The van der Waals surface area contributed by atoms with Gasteiger partial charge in [-0.15, -0.1) is 6.58 Å². The number of carbonyl (C=O) groups is 3. The van der Waals surface area contributed by atoms with Crippen LogP contribution in [-0.4, -0.2) is 44.8 Å². The molecule has 2 amide bonds. The van der Waals surface area contributed by atoms with E-state index in [9.17, 15) is 19.5 Å². The molecule has 0 spiro atoms.